The minimum absolute atomic E-state index is 0.0331. The van der Waals surface area contributed by atoms with Gasteiger partial charge in [-0.15, -0.1) is 0 Å². The van der Waals surface area contributed by atoms with Gasteiger partial charge in [0.15, 0.2) is 5.82 Å². The third-order valence-electron chi connectivity index (χ3n) is 11.9. The van der Waals surface area contributed by atoms with Crippen molar-refractivity contribution in [1.29, 1.82) is 5.26 Å². The summed E-state index contributed by atoms with van der Waals surface area (Å²) in [6, 6.07) is 64.9. The van der Waals surface area contributed by atoms with Crippen LogP contribution in [0, 0.1) is 11.3 Å². The van der Waals surface area contributed by atoms with Crippen molar-refractivity contribution in [3.8, 4) is 84.5 Å². The van der Waals surface area contributed by atoms with E-state index in [0.29, 0.717) is 5.82 Å². The molecule has 0 radical (unpaired) electrons. The molecule has 0 aliphatic heterocycles. The molecule has 2 aliphatic rings. The number of rotatable bonds is 6. The van der Waals surface area contributed by atoms with E-state index in [0.717, 1.165) is 57.6 Å². The molecule has 3 nitrogen and oxygen atoms in total. The summed E-state index contributed by atoms with van der Waals surface area (Å²) in [4.78, 5) is 10.1. The Morgan fingerprint density at radius 2 is 0.911 bits per heavy atom. The molecule has 1 aromatic heterocycles. The molecule has 0 amide bonds. The zero-order valence-electron chi connectivity index (χ0n) is 31.1. The highest BCUT2D eigenvalue weighted by atomic mass is 14.9. The highest BCUT2D eigenvalue weighted by molar-refractivity contribution is 5.86. The third kappa shape index (κ3) is 6.01. The van der Waals surface area contributed by atoms with Crippen molar-refractivity contribution in [3.05, 3.63) is 193 Å². The summed E-state index contributed by atoms with van der Waals surface area (Å²) >= 11 is 0. The monoisotopic (exact) mass is 717 g/mol. The van der Waals surface area contributed by atoms with Crippen LogP contribution < -0.4 is 0 Å². The van der Waals surface area contributed by atoms with Gasteiger partial charge in [-0.05, 0) is 111 Å². The number of nitriles is 1. The van der Waals surface area contributed by atoms with Crippen LogP contribution in [-0.2, 0) is 5.41 Å². The van der Waals surface area contributed by atoms with Crippen LogP contribution >= 0.6 is 0 Å². The molecular formula is C53H39N3. The summed E-state index contributed by atoms with van der Waals surface area (Å²) in [5.74, 6) is 0.712. The fourth-order valence-corrected chi connectivity index (χ4v) is 9.13. The van der Waals surface area contributed by atoms with Crippen molar-refractivity contribution < 1.29 is 0 Å². The molecule has 0 unspecified atom stereocenters. The average molecular weight is 718 g/mol. The normalized spacial score (nSPS) is 13.8. The second-order valence-electron chi connectivity index (χ2n) is 15.2. The second kappa shape index (κ2) is 14.1. The Balaban J connectivity index is 0.994. The van der Waals surface area contributed by atoms with Crippen LogP contribution in [0.25, 0.3) is 78.4 Å². The van der Waals surface area contributed by atoms with E-state index in [-0.39, 0.29) is 5.41 Å². The van der Waals surface area contributed by atoms with Gasteiger partial charge in [-0.1, -0.05) is 153 Å². The SMILES string of the molecule is N#Cc1ccc2c(c1)-c1ccc(-c3cccc(-c4cccc(-c5cccc(-c6cc(-c7ccccc7)nc(-c7ccccc7)n6)c5)c4)c3)cc1C21CCCCC1. The summed E-state index contributed by atoms with van der Waals surface area (Å²) in [6.07, 6.45) is 6.09. The van der Waals surface area contributed by atoms with Crippen LogP contribution in [-0.4, -0.2) is 9.97 Å². The van der Waals surface area contributed by atoms with Gasteiger partial charge >= 0.3 is 0 Å². The lowest BCUT2D eigenvalue weighted by Crippen LogP contribution is -2.28. The van der Waals surface area contributed by atoms with E-state index in [1.807, 2.05) is 42.5 Å². The largest absolute Gasteiger partial charge is 0.228 e. The molecule has 1 saturated carbocycles. The maximum atomic E-state index is 9.71. The van der Waals surface area contributed by atoms with Crippen LogP contribution in [0.1, 0.15) is 48.8 Å². The summed E-state index contributed by atoms with van der Waals surface area (Å²) in [6.45, 7) is 0. The molecule has 0 bridgehead atoms. The number of nitrogens with zero attached hydrogens (tertiary/aromatic N) is 3. The first kappa shape index (κ1) is 33.7. The van der Waals surface area contributed by atoms with Crippen molar-refractivity contribution >= 4 is 0 Å². The molecule has 56 heavy (non-hydrogen) atoms. The summed E-state index contributed by atoms with van der Waals surface area (Å²) < 4.78 is 0. The van der Waals surface area contributed by atoms with Crippen LogP contribution in [0.5, 0.6) is 0 Å². The zero-order valence-corrected chi connectivity index (χ0v) is 31.1. The van der Waals surface area contributed by atoms with E-state index in [2.05, 4.69) is 140 Å². The number of hydrogen-bond donors (Lipinski definition) is 0. The molecule has 0 saturated heterocycles. The smallest absolute Gasteiger partial charge is 0.160 e. The van der Waals surface area contributed by atoms with Crippen LogP contribution in [0.15, 0.2) is 176 Å². The van der Waals surface area contributed by atoms with Crippen LogP contribution in [0.2, 0.25) is 0 Å². The van der Waals surface area contributed by atoms with Gasteiger partial charge in [0.05, 0.1) is 23.0 Å². The van der Waals surface area contributed by atoms with Gasteiger partial charge in [0, 0.05) is 22.1 Å². The Morgan fingerprint density at radius 1 is 0.393 bits per heavy atom. The van der Waals surface area contributed by atoms with Gasteiger partial charge in [-0.3, -0.25) is 0 Å². The lowest BCUT2D eigenvalue weighted by molar-refractivity contribution is 0.353. The predicted octanol–water partition coefficient (Wildman–Crippen LogP) is 13.6. The minimum Gasteiger partial charge on any atom is -0.228 e. The van der Waals surface area contributed by atoms with E-state index >= 15 is 0 Å². The predicted molar refractivity (Wildman–Crippen MR) is 229 cm³/mol. The molecule has 1 heterocycles. The summed E-state index contributed by atoms with van der Waals surface area (Å²) in [7, 11) is 0. The number of benzene rings is 7. The molecule has 3 heteroatoms. The van der Waals surface area contributed by atoms with Crippen LogP contribution in [0.3, 0.4) is 0 Å². The van der Waals surface area contributed by atoms with E-state index in [9.17, 15) is 5.26 Å². The first-order valence-corrected chi connectivity index (χ1v) is 19.7. The van der Waals surface area contributed by atoms with Gasteiger partial charge in [0.1, 0.15) is 0 Å². The highest BCUT2D eigenvalue weighted by Gasteiger charge is 2.43. The maximum absolute atomic E-state index is 9.71. The molecule has 0 N–H and O–H groups in total. The molecule has 0 atom stereocenters. The molecule has 1 fully saturated rings. The van der Waals surface area contributed by atoms with Gasteiger partial charge < -0.3 is 0 Å². The van der Waals surface area contributed by atoms with E-state index in [4.69, 9.17) is 9.97 Å². The fourth-order valence-electron chi connectivity index (χ4n) is 9.13. The third-order valence-corrected chi connectivity index (χ3v) is 11.9. The molecule has 266 valence electrons. The van der Waals surface area contributed by atoms with Crippen LogP contribution in [0.4, 0.5) is 0 Å². The number of hydrogen-bond acceptors (Lipinski definition) is 3. The van der Waals surface area contributed by atoms with Crippen molar-refractivity contribution in [1.82, 2.24) is 9.97 Å². The molecule has 8 aromatic rings. The molecule has 7 aromatic carbocycles. The average Bonchev–Trinajstić information content (AvgIpc) is 3.54. The first-order chi connectivity index (χ1) is 27.6. The Bertz CT molecular complexity index is 2730. The van der Waals surface area contributed by atoms with Gasteiger partial charge in [0.25, 0.3) is 0 Å². The Morgan fingerprint density at radius 3 is 1.52 bits per heavy atom. The summed E-state index contributed by atoms with van der Waals surface area (Å²) in [5.41, 5.74) is 18.1. The minimum atomic E-state index is 0.0331. The second-order valence-corrected chi connectivity index (χ2v) is 15.2. The Labute approximate surface area is 328 Å². The van der Waals surface area contributed by atoms with Crippen molar-refractivity contribution in [2.45, 2.75) is 37.5 Å². The molecule has 2 aliphatic carbocycles. The van der Waals surface area contributed by atoms with E-state index < -0.39 is 0 Å². The Hall–Kier alpha value is -6.89. The van der Waals surface area contributed by atoms with Crippen molar-refractivity contribution in [2.24, 2.45) is 0 Å². The maximum Gasteiger partial charge on any atom is 0.160 e. The van der Waals surface area contributed by atoms with Gasteiger partial charge in [-0.25, -0.2) is 9.97 Å². The zero-order chi connectivity index (χ0) is 37.5. The quantitative estimate of drug-likeness (QED) is 0.172. The lowest BCUT2D eigenvalue weighted by atomic mass is 9.67. The number of fused-ring (bicyclic) bond motifs is 5. The van der Waals surface area contributed by atoms with Crippen molar-refractivity contribution in [2.75, 3.05) is 0 Å². The van der Waals surface area contributed by atoms with E-state index in [1.54, 1.807) is 0 Å². The standard InChI is InChI=1S/C53H39N3/c54-35-36-23-26-48-47(29-36)46-25-24-44(33-49(46)53(48)27-8-3-9-28-53)42-20-11-18-40(31-42)39-17-10-19-41(30-39)43-21-12-22-45(32-43)51-34-50(37-13-4-1-5-14-37)55-52(56-51)38-15-6-2-7-16-38/h1-2,4-7,10-26,29-34H,3,8-9,27-28H2. The van der Waals surface area contributed by atoms with E-state index in [1.165, 1.54) is 63.8 Å². The van der Waals surface area contributed by atoms with Gasteiger partial charge in [-0.2, -0.15) is 5.26 Å². The molecule has 10 rings (SSSR count). The Kier molecular flexibility index (Phi) is 8.46. The summed E-state index contributed by atoms with van der Waals surface area (Å²) in [5, 5.41) is 9.71. The lowest BCUT2D eigenvalue weighted by Gasteiger charge is -2.36. The fraction of sp³-hybridized carbons (Fsp3) is 0.113. The van der Waals surface area contributed by atoms with Gasteiger partial charge in [0.2, 0.25) is 0 Å². The molecule has 1 spiro atoms. The molecular weight excluding hydrogens is 679 g/mol. The highest BCUT2D eigenvalue weighted by Crippen LogP contribution is 2.56. The number of aromatic nitrogens is 2. The van der Waals surface area contributed by atoms with Crippen molar-refractivity contribution in [3.63, 3.8) is 0 Å². The first-order valence-electron chi connectivity index (χ1n) is 19.7. The topological polar surface area (TPSA) is 49.6 Å².